The van der Waals surface area contributed by atoms with E-state index in [1.807, 2.05) is 27.7 Å². The maximum Gasteiger partial charge on any atom is 0.494 e. The molecule has 1 N–H and O–H groups in total. The summed E-state index contributed by atoms with van der Waals surface area (Å²) in [6.07, 6.45) is 0. The number of carboxylic acid groups (broad SMARTS) is 1. The summed E-state index contributed by atoms with van der Waals surface area (Å²) in [4.78, 5) is 23.0. The van der Waals surface area contributed by atoms with Crippen molar-refractivity contribution in [1.82, 2.24) is 0 Å². The molecule has 1 aliphatic heterocycles. The van der Waals surface area contributed by atoms with Gasteiger partial charge in [0.1, 0.15) is 0 Å². The molecule has 1 aromatic rings. The Kier molecular flexibility index (Phi) is 4.06. The van der Waals surface area contributed by atoms with E-state index >= 15 is 0 Å². The molecule has 22 heavy (non-hydrogen) atoms. The maximum absolute atomic E-state index is 11.7. The number of benzene rings is 1. The van der Waals surface area contributed by atoms with Crippen molar-refractivity contribution in [2.75, 3.05) is 7.11 Å². The summed E-state index contributed by atoms with van der Waals surface area (Å²) in [6.45, 7) is 7.59. The second kappa shape index (κ2) is 5.41. The summed E-state index contributed by atoms with van der Waals surface area (Å²) in [6, 6.07) is 4.24. The fraction of sp³-hybridized carbons (Fsp3) is 0.467. The first kappa shape index (κ1) is 16.5. The van der Waals surface area contributed by atoms with Gasteiger partial charge in [-0.25, -0.2) is 9.59 Å². The van der Waals surface area contributed by atoms with Gasteiger partial charge in [-0.05, 0) is 51.4 Å². The summed E-state index contributed by atoms with van der Waals surface area (Å²) >= 11 is 0. The van der Waals surface area contributed by atoms with E-state index < -0.39 is 30.3 Å². The Morgan fingerprint density at radius 2 is 1.55 bits per heavy atom. The number of carboxylic acids is 1. The van der Waals surface area contributed by atoms with E-state index in [0.717, 1.165) is 0 Å². The molecule has 0 atom stereocenters. The van der Waals surface area contributed by atoms with Gasteiger partial charge in [0.2, 0.25) is 0 Å². The molecule has 118 valence electrons. The van der Waals surface area contributed by atoms with Gasteiger partial charge in [0.15, 0.2) is 0 Å². The zero-order chi connectivity index (χ0) is 16.7. The van der Waals surface area contributed by atoms with Crippen molar-refractivity contribution in [1.29, 1.82) is 0 Å². The number of aromatic carboxylic acids is 1. The number of rotatable bonds is 3. The van der Waals surface area contributed by atoms with Crippen LogP contribution in [-0.4, -0.2) is 42.5 Å². The van der Waals surface area contributed by atoms with Crippen LogP contribution in [0.15, 0.2) is 18.2 Å². The van der Waals surface area contributed by atoms with Gasteiger partial charge in [-0.1, -0.05) is 0 Å². The van der Waals surface area contributed by atoms with Crippen LogP contribution in [-0.2, 0) is 14.0 Å². The lowest BCUT2D eigenvalue weighted by atomic mass is 9.77. The lowest BCUT2D eigenvalue weighted by Gasteiger charge is -2.32. The van der Waals surface area contributed by atoms with Crippen molar-refractivity contribution < 1.29 is 28.7 Å². The van der Waals surface area contributed by atoms with Gasteiger partial charge >= 0.3 is 19.1 Å². The van der Waals surface area contributed by atoms with E-state index in [0.29, 0.717) is 5.46 Å². The van der Waals surface area contributed by atoms with E-state index in [4.69, 9.17) is 9.31 Å². The molecule has 0 spiro atoms. The molecule has 0 bridgehead atoms. The fourth-order valence-electron chi connectivity index (χ4n) is 2.13. The predicted molar refractivity (Wildman–Crippen MR) is 80.5 cm³/mol. The molecule has 0 saturated carbocycles. The summed E-state index contributed by atoms with van der Waals surface area (Å²) in [5, 5.41) is 9.20. The van der Waals surface area contributed by atoms with Crippen LogP contribution in [0.4, 0.5) is 0 Å². The van der Waals surface area contributed by atoms with Crippen molar-refractivity contribution in [3.63, 3.8) is 0 Å². The predicted octanol–water partition coefficient (Wildman–Crippen LogP) is 1.47. The van der Waals surface area contributed by atoms with Gasteiger partial charge in [-0.2, -0.15) is 0 Å². The number of carbonyl (C=O) groups excluding carboxylic acids is 1. The Labute approximate surface area is 129 Å². The van der Waals surface area contributed by atoms with Crippen molar-refractivity contribution in [2.45, 2.75) is 38.9 Å². The minimum absolute atomic E-state index is 0.0207. The molecule has 7 heteroatoms. The van der Waals surface area contributed by atoms with Gasteiger partial charge in [-0.3, -0.25) is 0 Å². The monoisotopic (exact) mass is 306 g/mol. The van der Waals surface area contributed by atoms with Crippen LogP contribution >= 0.6 is 0 Å². The molecule has 0 unspecified atom stereocenters. The smallest absolute Gasteiger partial charge is 0.478 e. The van der Waals surface area contributed by atoms with Gasteiger partial charge < -0.3 is 19.2 Å². The highest BCUT2D eigenvalue weighted by molar-refractivity contribution is 6.62. The van der Waals surface area contributed by atoms with E-state index in [2.05, 4.69) is 4.74 Å². The van der Waals surface area contributed by atoms with Crippen molar-refractivity contribution in [2.24, 2.45) is 0 Å². The zero-order valence-electron chi connectivity index (χ0n) is 13.3. The largest absolute Gasteiger partial charge is 0.494 e. The summed E-state index contributed by atoms with van der Waals surface area (Å²) in [5.41, 5.74) is -0.511. The molecule has 0 radical (unpaired) electrons. The Balaban J connectivity index is 2.45. The van der Waals surface area contributed by atoms with Crippen LogP contribution < -0.4 is 5.46 Å². The number of esters is 1. The van der Waals surface area contributed by atoms with Gasteiger partial charge in [0, 0.05) is 0 Å². The molecule has 1 saturated heterocycles. The zero-order valence-corrected chi connectivity index (χ0v) is 13.3. The minimum atomic E-state index is -1.14. The molecule has 1 aliphatic rings. The molecular weight excluding hydrogens is 287 g/mol. The van der Waals surface area contributed by atoms with E-state index in [1.165, 1.54) is 25.3 Å². The van der Waals surface area contributed by atoms with Crippen molar-refractivity contribution in [3.8, 4) is 0 Å². The van der Waals surface area contributed by atoms with E-state index in [9.17, 15) is 14.7 Å². The highest BCUT2D eigenvalue weighted by atomic mass is 16.7. The summed E-state index contributed by atoms with van der Waals surface area (Å²) in [7, 11) is 0.497. The SMILES string of the molecule is COC(=O)c1cc(B2OC(C)(C)C(C)(C)O2)cc(C(=O)O)c1. The Hall–Kier alpha value is -1.86. The molecule has 1 aromatic carbocycles. The van der Waals surface area contributed by atoms with E-state index in [1.54, 1.807) is 0 Å². The van der Waals surface area contributed by atoms with E-state index in [-0.39, 0.29) is 11.1 Å². The topological polar surface area (TPSA) is 82.1 Å². The number of methoxy groups -OCH3 is 1. The lowest BCUT2D eigenvalue weighted by Crippen LogP contribution is -2.41. The third kappa shape index (κ3) is 2.87. The van der Waals surface area contributed by atoms with Crippen LogP contribution in [0.3, 0.4) is 0 Å². The number of hydrogen-bond donors (Lipinski definition) is 1. The second-order valence-corrected chi connectivity index (χ2v) is 6.23. The van der Waals surface area contributed by atoms with Crippen LogP contribution in [0.25, 0.3) is 0 Å². The first-order valence-corrected chi connectivity index (χ1v) is 6.89. The van der Waals surface area contributed by atoms with Crippen molar-refractivity contribution >= 4 is 24.5 Å². The molecule has 1 heterocycles. The molecule has 0 amide bonds. The standard InChI is InChI=1S/C15H19BO6/c1-14(2)15(3,4)22-16(21-14)11-7-9(12(17)18)6-10(8-11)13(19)20-5/h6-8H,1-5H3,(H,17,18). The third-order valence-electron chi connectivity index (χ3n) is 4.15. The van der Waals surface area contributed by atoms with Gasteiger partial charge in [-0.15, -0.1) is 0 Å². The summed E-state index contributed by atoms with van der Waals surface area (Å²) < 4.78 is 16.4. The molecule has 0 aliphatic carbocycles. The highest BCUT2D eigenvalue weighted by Gasteiger charge is 2.51. The number of hydrogen-bond acceptors (Lipinski definition) is 5. The summed E-state index contributed by atoms with van der Waals surface area (Å²) in [5.74, 6) is -1.75. The Morgan fingerprint density at radius 3 is 2.00 bits per heavy atom. The normalized spacial score (nSPS) is 19.0. The molecule has 0 aromatic heterocycles. The Bertz CT molecular complexity index is 606. The lowest BCUT2D eigenvalue weighted by molar-refractivity contribution is 0.00578. The molecule has 6 nitrogen and oxygen atoms in total. The Morgan fingerprint density at radius 1 is 1.05 bits per heavy atom. The van der Waals surface area contributed by atoms with Crippen LogP contribution in [0.2, 0.25) is 0 Å². The van der Waals surface area contributed by atoms with Gasteiger partial charge in [0.25, 0.3) is 0 Å². The number of ether oxygens (including phenoxy) is 1. The molecule has 2 rings (SSSR count). The average Bonchev–Trinajstić information content (AvgIpc) is 2.66. The molecule has 1 fully saturated rings. The van der Waals surface area contributed by atoms with Crippen LogP contribution in [0.1, 0.15) is 48.4 Å². The molecular formula is C15H19BO6. The second-order valence-electron chi connectivity index (χ2n) is 6.23. The average molecular weight is 306 g/mol. The minimum Gasteiger partial charge on any atom is -0.478 e. The first-order valence-electron chi connectivity index (χ1n) is 6.89. The van der Waals surface area contributed by atoms with Gasteiger partial charge in [0.05, 0.1) is 29.4 Å². The van der Waals surface area contributed by atoms with Crippen LogP contribution in [0, 0.1) is 0 Å². The van der Waals surface area contributed by atoms with Crippen molar-refractivity contribution in [3.05, 3.63) is 29.3 Å². The highest BCUT2D eigenvalue weighted by Crippen LogP contribution is 2.36. The third-order valence-corrected chi connectivity index (χ3v) is 4.15. The maximum atomic E-state index is 11.7. The quantitative estimate of drug-likeness (QED) is 0.672. The van der Waals surface area contributed by atoms with Crippen LogP contribution in [0.5, 0.6) is 0 Å². The first-order chi connectivity index (χ1) is 10.1. The number of carbonyl (C=O) groups is 2. The fourth-order valence-corrected chi connectivity index (χ4v) is 2.13.